The normalized spacial score (nSPS) is 15.2. The second-order valence-corrected chi connectivity index (χ2v) is 12.5. The summed E-state index contributed by atoms with van der Waals surface area (Å²) in [5, 5.41) is 3.63. The third kappa shape index (κ3) is 8.35. The molecule has 2 amide bonds. The predicted octanol–water partition coefficient (Wildman–Crippen LogP) is 5.32. The second kappa shape index (κ2) is 13.0. The number of hydrogen-bond acceptors (Lipinski definition) is 4. The fourth-order valence-electron chi connectivity index (χ4n) is 4.65. The number of carbonyl (C=O) groups excluding carboxylic acids is 2. The minimum Gasteiger partial charge on any atom is -0.352 e. The van der Waals surface area contributed by atoms with Crippen molar-refractivity contribution >= 4 is 50.7 Å². The van der Waals surface area contributed by atoms with Gasteiger partial charge in [-0.3, -0.25) is 13.9 Å². The Kier molecular flexibility index (Phi) is 10.3. The molecule has 0 heterocycles. The molecule has 2 aromatic carbocycles. The van der Waals surface area contributed by atoms with Crippen molar-refractivity contribution in [2.24, 2.45) is 0 Å². The van der Waals surface area contributed by atoms with Crippen LogP contribution in [0.25, 0.3) is 0 Å². The highest BCUT2D eigenvalue weighted by molar-refractivity contribution is 7.92. The molecule has 0 radical (unpaired) electrons. The van der Waals surface area contributed by atoms with Crippen LogP contribution in [0.2, 0.25) is 10.0 Å². The summed E-state index contributed by atoms with van der Waals surface area (Å²) < 4.78 is 26.4. The predicted molar refractivity (Wildman–Crippen MR) is 149 cm³/mol. The fraction of sp³-hybridized carbons (Fsp3) is 0.481. The number of halogens is 2. The van der Waals surface area contributed by atoms with Crippen molar-refractivity contribution in [3.05, 3.63) is 63.6 Å². The van der Waals surface area contributed by atoms with Crippen molar-refractivity contribution in [3.8, 4) is 0 Å². The van der Waals surface area contributed by atoms with E-state index in [0.29, 0.717) is 6.42 Å². The number of benzene rings is 2. The van der Waals surface area contributed by atoms with E-state index in [0.717, 1.165) is 53.8 Å². The van der Waals surface area contributed by atoms with Crippen LogP contribution in [0, 0.1) is 6.92 Å². The zero-order chi connectivity index (χ0) is 27.2. The molecular weight excluding hydrogens is 533 g/mol. The number of carbonyl (C=O) groups is 2. The quantitative estimate of drug-likeness (QED) is 0.420. The molecule has 2 aromatic rings. The summed E-state index contributed by atoms with van der Waals surface area (Å²) in [5.41, 5.74) is 2.10. The summed E-state index contributed by atoms with van der Waals surface area (Å²) in [6.07, 6.45) is 6.55. The molecule has 0 spiro atoms. The van der Waals surface area contributed by atoms with Crippen LogP contribution in [0.1, 0.15) is 56.6 Å². The van der Waals surface area contributed by atoms with Gasteiger partial charge in [-0.2, -0.15) is 0 Å². The molecule has 0 saturated heterocycles. The van der Waals surface area contributed by atoms with Gasteiger partial charge in [0, 0.05) is 22.6 Å². The molecule has 0 aliphatic heterocycles. The zero-order valence-electron chi connectivity index (χ0n) is 21.5. The van der Waals surface area contributed by atoms with Gasteiger partial charge >= 0.3 is 0 Å². The Morgan fingerprint density at radius 1 is 1.03 bits per heavy atom. The lowest BCUT2D eigenvalue weighted by Gasteiger charge is -2.34. The van der Waals surface area contributed by atoms with Crippen LogP contribution in [0.15, 0.2) is 42.5 Å². The zero-order valence-corrected chi connectivity index (χ0v) is 23.9. The Labute approximate surface area is 230 Å². The highest BCUT2D eigenvalue weighted by Crippen LogP contribution is 2.27. The van der Waals surface area contributed by atoms with Gasteiger partial charge in [-0.25, -0.2) is 8.42 Å². The van der Waals surface area contributed by atoms with Gasteiger partial charge in [0.05, 0.1) is 11.9 Å². The van der Waals surface area contributed by atoms with Gasteiger partial charge in [-0.1, -0.05) is 79.2 Å². The standard InChI is InChI=1S/C27H35Cl2N3O4S/c1-4-25(27(34)30-23-8-6-5-7-9-23)31(17-20-12-10-19(2)11-13-20)26(33)18-32(37(3,35)36)24-15-21(28)14-22(29)16-24/h10-16,23,25H,4-9,17-18H2,1-3H3,(H,30,34)/t25-/m1/s1. The summed E-state index contributed by atoms with van der Waals surface area (Å²) in [5.74, 6) is -0.709. The maximum Gasteiger partial charge on any atom is 0.244 e. The van der Waals surface area contributed by atoms with E-state index in [4.69, 9.17) is 23.2 Å². The van der Waals surface area contributed by atoms with Gasteiger partial charge in [0.1, 0.15) is 12.6 Å². The summed E-state index contributed by atoms with van der Waals surface area (Å²) >= 11 is 12.2. The SMILES string of the molecule is CC[C@H](C(=O)NC1CCCCC1)N(Cc1ccc(C)cc1)C(=O)CN(c1cc(Cl)cc(Cl)c1)S(C)(=O)=O. The first-order valence-corrected chi connectivity index (χ1v) is 15.2. The van der Waals surface area contributed by atoms with Gasteiger partial charge < -0.3 is 10.2 Å². The van der Waals surface area contributed by atoms with E-state index in [9.17, 15) is 18.0 Å². The lowest BCUT2D eigenvalue weighted by atomic mass is 9.95. The molecule has 0 unspecified atom stereocenters. The Morgan fingerprint density at radius 2 is 1.62 bits per heavy atom. The summed E-state index contributed by atoms with van der Waals surface area (Å²) in [4.78, 5) is 28.7. The number of hydrogen-bond donors (Lipinski definition) is 1. The molecule has 1 aliphatic rings. The van der Waals surface area contributed by atoms with Crippen molar-refractivity contribution < 1.29 is 18.0 Å². The number of rotatable bonds is 10. The summed E-state index contributed by atoms with van der Waals surface area (Å²) in [6, 6.07) is 11.4. The van der Waals surface area contributed by atoms with Crippen molar-refractivity contribution in [2.45, 2.75) is 71.0 Å². The van der Waals surface area contributed by atoms with Crippen LogP contribution < -0.4 is 9.62 Å². The van der Waals surface area contributed by atoms with Crippen molar-refractivity contribution in [2.75, 3.05) is 17.1 Å². The monoisotopic (exact) mass is 567 g/mol. The van der Waals surface area contributed by atoms with E-state index in [2.05, 4.69) is 5.32 Å². The van der Waals surface area contributed by atoms with E-state index < -0.39 is 28.5 Å². The maximum atomic E-state index is 13.8. The Balaban J connectivity index is 1.92. The summed E-state index contributed by atoms with van der Waals surface area (Å²) in [7, 11) is -3.87. The number of nitrogens with one attached hydrogen (secondary N) is 1. The number of amides is 2. The van der Waals surface area contributed by atoms with E-state index >= 15 is 0 Å². The van der Waals surface area contributed by atoms with Crippen LogP contribution in [-0.2, 0) is 26.2 Å². The van der Waals surface area contributed by atoms with E-state index in [1.54, 1.807) is 0 Å². The van der Waals surface area contributed by atoms with Crippen molar-refractivity contribution in [1.82, 2.24) is 10.2 Å². The topological polar surface area (TPSA) is 86.8 Å². The minimum atomic E-state index is -3.87. The summed E-state index contributed by atoms with van der Waals surface area (Å²) in [6.45, 7) is 3.50. The van der Waals surface area contributed by atoms with E-state index in [1.807, 2.05) is 38.1 Å². The fourth-order valence-corrected chi connectivity index (χ4v) is 6.00. The Bertz CT molecular complexity index is 1180. The van der Waals surface area contributed by atoms with Gasteiger partial charge in [-0.05, 0) is 49.9 Å². The third-order valence-electron chi connectivity index (χ3n) is 6.63. The van der Waals surface area contributed by atoms with Gasteiger partial charge in [-0.15, -0.1) is 0 Å². The molecule has 7 nitrogen and oxygen atoms in total. The molecule has 1 aliphatic carbocycles. The molecule has 3 rings (SSSR count). The average molecular weight is 569 g/mol. The number of nitrogens with zero attached hydrogens (tertiary/aromatic N) is 2. The molecule has 0 bridgehead atoms. The van der Waals surface area contributed by atoms with Crippen LogP contribution in [0.4, 0.5) is 5.69 Å². The maximum absolute atomic E-state index is 13.8. The molecule has 10 heteroatoms. The molecular formula is C27H35Cl2N3O4S. The number of anilines is 1. The highest BCUT2D eigenvalue weighted by Gasteiger charge is 2.33. The largest absolute Gasteiger partial charge is 0.352 e. The van der Waals surface area contributed by atoms with Crippen LogP contribution >= 0.6 is 23.2 Å². The van der Waals surface area contributed by atoms with Gasteiger partial charge in [0.2, 0.25) is 21.8 Å². The Morgan fingerprint density at radius 3 is 2.16 bits per heavy atom. The lowest BCUT2D eigenvalue weighted by Crippen LogP contribution is -2.53. The first kappa shape index (κ1) is 29.3. The van der Waals surface area contributed by atoms with Gasteiger partial charge in [0.25, 0.3) is 0 Å². The molecule has 37 heavy (non-hydrogen) atoms. The average Bonchev–Trinajstić information content (AvgIpc) is 2.82. The second-order valence-electron chi connectivity index (χ2n) is 9.67. The molecule has 1 saturated carbocycles. The van der Waals surface area contributed by atoms with E-state index in [1.165, 1.54) is 23.1 Å². The smallest absolute Gasteiger partial charge is 0.244 e. The molecule has 1 atom stereocenters. The highest BCUT2D eigenvalue weighted by atomic mass is 35.5. The molecule has 0 aromatic heterocycles. The minimum absolute atomic E-state index is 0.0905. The molecule has 1 fully saturated rings. The number of aryl methyl sites for hydroxylation is 1. The lowest BCUT2D eigenvalue weighted by molar-refractivity contribution is -0.140. The first-order chi connectivity index (χ1) is 17.5. The molecule has 1 N–H and O–H groups in total. The number of sulfonamides is 1. The van der Waals surface area contributed by atoms with Crippen molar-refractivity contribution in [1.29, 1.82) is 0 Å². The van der Waals surface area contributed by atoms with Crippen LogP contribution in [-0.4, -0.2) is 50.0 Å². The first-order valence-electron chi connectivity index (χ1n) is 12.6. The van der Waals surface area contributed by atoms with Crippen LogP contribution in [0.3, 0.4) is 0 Å². The third-order valence-corrected chi connectivity index (χ3v) is 8.20. The van der Waals surface area contributed by atoms with E-state index in [-0.39, 0.29) is 34.2 Å². The Hall–Kier alpha value is -2.29. The van der Waals surface area contributed by atoms with Gasteiger partial charge in [0.15, 0.2) is 0 Å². The van der Waals surface area contributed by atoms with Crippen LogP contribution in [0.5, 0.6) is 0 Å². The molecule has 202 valence electrons. The van der Waals surface area contributed by atoms with Crippen molar-refractivity contribution in [3.63, 3.8) is 0 Å².